The van der Waals surface area contributed by atoms with Gasteiger partial charge in [0.1, 0.15) is 4.21 Å². The van der Waals surface area contributed by atoms with Crippen molar-refractivity contribution in [1.29, 1.82) is 0 Å². The van der Waals surface area contributed by atoms with Crippen LogP contribution in [0.25, 0.3) is 0 Å². The first-order valence-electron chi connectivity index (χ1n) is 5.44. The second kappa shape index (κ2) is 4.85. The molecule has 0 bridgehead atoms. The van der Waals surface area contributed by atoms with E-state index in [1.165, 1.54) is 4.31 Å². The molecular weight excluding hydrogens is 280 g/mol. The summed E-state index contributed by atoms with van der Waals surface area (Å²) in [5.74, 6) is 0. The van der Waals surface area contributed by atoms with Crippen LogP contribution in [0.4, 0.5) is 0 Å². The highest BCUT2D eigenvalue weighted by molar-refractivity contribution is 7.91. The summed E-state index contributed by atoms with van der Waals surface area (Å²) < 4.78 is 27.1. The summed E-state index contributed by atoms with van der Waals surface area (Å²) in [7, 11) is -3.41. The molecule has 1 fully saturated rings. The van der Waals surface area contributed by atoms with Crippen molar-refractivity contribution in [2.75, 3.05) is 13.1 Å². The Morgan fingerprint density at radius 2 is 2.35 bits per heavy atom. The number of halogens is 1. The summed E-state index contributed by atoms with van der Waals surface area (Å²) in [5.41, 5.74) is 6.41. The molecule has 2 heterocycles. The first kappa shape index (κ1) is 13.3. The molecule has 1 aliphatic heterocycles. The lowest BCUT2D eigenvalue weighted by molar-refractivity contribution is 0.394. The van der Waals surface area contributed by atoms with Gasteiger partial charge >= 0.3 is 0 Å². The smallest absolute Gasteiger partial charge is 0.252 e. The summed E-state index contributed by atoms with van der Waals surface area (Å²) in [6.45, 7) is 2.73. The quantitative estimate of drug-likeness (QED) is 0.925. The standard InChI is InChI=1S/C10H15ClN2O2S2/c1-7-5-9(16-10(7)11)17(14,15)13-4-2-3-8(13)6-12/h5,8H,2-4,6,12H2,1H3. The zero-order valence-corrected chi connectivity index (χ0v) is 11.9. The number of hydrogen-bond acceptors (Lipinski definition) is 4. The Morgan fingerprint density at radius 3 is 2.88 bits per heavy atom. The monoisotopic (exact) mass is 294 g/mol. The second-order valence-corrected chi connectivity index (χ2v) is 7.94. The number of hydrogen-bond donors (Lipinski definition) is 1. The summed E-state index contributed by atoms with van der Waals surface area (Å²) in [6.07, 6.45) is 1.72. The van der Waals surface area contributed by atoms with Gasteiger partial charge in [-0.3, -0.25) is 0 Å². The molecule has 1 aliphatic rings. The predicted octanol–water partition coefficient (Wildman–Crippen LogP) is 1.82. The van der Waals surface area contributed by atoms with E-state index in [9.17, 15) is 8.42 Å². The van der Waals surface area contributed by atoms with E-state index < -0.39 is 10.0 Å². The van der Waals surface area contributed by atoms with Gasteiger partial charge in [-0.2, -0.15) is 4.31 Å². The van der Waals surface area contributed by atoms with Crippen LogP contribution in [0.3, 0.4) is 0 Å². The molecule has 0 aromatic carbocycles. The number of sulfonamides is 1. The summed E-state index contributed by atoms with van der Waals surface area (Å²) in [5, 5.41) is 0. The lowest BCUT2D eigenvalue weighted by Gasteiger charge is -2.21. The van der Waals surface area contributed by atoms with Crippen molar-refractivity contribution < 1.29 is 8.42 Å². The molecule has 1 saturated heterocycles. The minimum atomic E-state index is -3.41. The Morgan fingerprint density at radius 1 is 1.65 bits per heavy atom. The van der Waals surface area contributed by atoms with Gasteiger partial charge in [-0.05, 0) is 31.4 Å². The summed E-state index contributed by atoms with van der Waals surface area (Å²) in [4.78, 5) is 0. The fourth-order valence-electron chi connectivity index (χ4n) is 2.04. The minimum Gasteiger partial charge on any atom is -0.329 e. The fraction of sp³-hybridized carbons (Fsp3) is 0.600. The van der Waals surface area contributed by atoms with Gasteiger partial charge in [-0.15, -0.1) is 11.3 Å². The van der Waals surface area contributed by atoms with E-state index in [1.54, 1.807) is 6.07 Å². The van der Waals surface area contributed by atoms with Crippen molar-refractivity contribution in [3.05, 3.63) is 16.0 Å². The van der Waals surface area contributed by atoms with E-state index in [0.29, 0.717) is 21.6 Å². The van der Waals surface area contributed by atoms with E-state index in [2.05, 4.69) is 0 Å². The topological polar surface area (TPSA) is 63.4 Å². The number of aryl methyl sites for hydroxylation is 1. The average Bonchev–Trinajstić information content (AvgIpc) is 2.86. The molecular formula is C10H15ClN2O2S2. The van der Waals surface area contributed by atoms with Crippen molar-refractivity contribution in [3.63, 3.8) is 0 Å². The van der Waals surface area contributed by atoms with E-state index in [-0.39, 0.29) is 6.04 Å². The minimum absolute atomic E-state index is 0.0684. The zero-order valence-electron chi connectivity index (χ0n) is 9.52. The lowest BCUT2D eigenvalue weighted by atomic mass is 10.2. The molecule has 1 aromatic heterocycles. The molecule has 1 aromatic rings. The first-order valence-corrected chi connectivity index (χ1v) is 8.08. The molecule has 0 amide bonds. The molecule has 0 radical (unpaired) electrons. The number of thiophene rings is 1. The number of rotatable bonds is 3. The third-order valence-corrected chi connectivity index (χ3v) is 6.95. The van der Waals surface area contributed by atoms with Crippen LogP contribution in [0.2, 0.25) is 4.34 Å². The van der Waals surface area contributed by atoms with Crippen LogP contribution in [0.15, 0.2) is 10.3 Å². The van der Waals surface area contributed by atoms with Crippen LogP contribution in [0.1, 0.15) is 18.4 Å². The molecule has 2 rings (SSSR count). The molecule has 0 saturated carbocycles. The molecule has 0 aliphatic carbocycles. The highest BCUT2D eigenvalue weighted by Crippen LogP contribution is 2.34. The maximum absolute atomic E-state index is 12.4. The third-order valence-electron chi connectivity index (χ3n) is 2.99. The van der Waals surface area contributed by atoms with Crippen LogP contribution >= 0.6 is 22.9 Å². The van der Waals surface area contributed by atoms with Crippen LogP contribution in [0.5, 0.6) is 0 Å². The first-order chi connectivity index (χ1) is 7.96. The molecule has 1 atom stereocenters. The SMILES string of the molecule is Cc1cc(S(=O)(=O)N2CCCC2CN)sc1Cl. The van der Waals surface area contributed by atoms with Crippen molar-refractivity contribution >= 4 is 33.0 Å². The molecule has 7 heteroatoms. The highest BCUT2D eigenvalue weighted by Gasteiger charge is 2.35. The molecule has 4 nitrogen and oxygen atoms in total. The molecule has 17 heavy (non-hydrogen) atoms. The number of nitrogens with zero attached hydrogens (tertiary/aromatic N) is 1. The maximum Gasteiger partial charge on any atom is 0.252 e. The van der Waals surface area contributed by atoms with E-state index in [4.69, 9.17) is 17.3 Å². The summed E-state index contributed by atoms with van der Waals surface area (Å²) >= 11 is 7.04. The summed E-state index contributed by atoms with van der Waals surface area (Å²) in [6, 6.07) is 1.56. The van der Waals surface area contributed by atoms with Gasteiger partial charge in [0.15, 0.2) is 0 Å². The van der Waals surface area contributed by atoms with E-state index >= 15 is 0 Å². The molecule has 0 spiro atoms. The van der Waals surface area contributed by atoms with Gasteiger partial charge in [-0.25, -0.2) is 8.42 Å². The maximum atomic E-state index is 12.4. The fourth-order valence-corrected chi connectivity index (χ4v) is 5.58. The number of nitrogens with two attached hydrogens (primary N) is 1. The van der Waals surface area contributed by atoms with Gasteiger partial charge in [0.25, 0.3) is 10.0 Å². The molecule has 96 valence electrons. The Hall–Kier alpha value is -0.140. The van der Waals surface area contributed by atoms with Crippen molar-refractivity contribution in [2.45, 2.75) is 30.0 Å². The second-order valence-electron chi connectivity index (χ2n) is 4.17. The van der Waals surface area contributed by atoms with E-state index in [1.807, 2.05) is 6.92 Å². The van der Waals surface area contributed by atoms with Crippen LogP contribution in [-0.2, 0) is 10.0 Å². The highest BCUT2D eigenvalue weighted by atomic mass is 35.5. The third kappa shape index (κ3) is 2.37. The van der Waals surface area contributed by atoms with Crippen LogP contribution in [0, 0.1) is 6.92 Å². The van der Waals surface area contributed by atoms with Gasteiger partial charge in [0, 0.05) is 19.1 Å². The van der Waals surface area contributed by atoms with Gasteiger partial charge < -0.3 is 5.73 Å². The lowest BCUT2D eigenvalue weighted by Crippen LogP contribution is -2.39. The Kier molecular flexibility index (Phi) is 3.80. The van der Waals surface area contributed by atoms with Crippen LogP contribution < -0.4 is 5.73 Å². The predicted molar refractivity (Wildman–Crippen MR) is 70.0 cm³/mol. The largest absolute Gasteiger partial charge is 0.329 e. The molecule has 1 unspecified atom stereocenters. The van der Waals surface area contributed by atoms with Crippen molar-refractivity contribution in [3.8, 4) is 0 Å². The Bertz CT molecular complexity index is 493. The van der Waals surface area contributed by atoms with Crippen molar-refractivity contribution in [1.82, 2.24) is 4.31 Å². The van der Waals surface area contributed by atoms with Gasteiger partial charge in [0.2, 0.25) is 0 Å². The zero-order chi connectivity index (χ0) is 12.6. The molecule has 2 N–H and O–H groups in total. The van der Waals surface area contributed by atoms with Gasteiger partial charge in [0.05, 0.1) is 4.34 Å². The van der Waals surface area contributed by atoms with Crippen molar-refractivity contribution in [2.24, 2.45) is 5.73 Å². The van der Waals surface area contributed by atoms with Gasteiger partial charge in [-0.1, -0.05) is 11.6 Å². The average molecular weight is 295 g/mol. The van der Waals surface area contributed by atoms with E-state index in [0.717, 1.165) is 29.7 Å². The normalized spacial score (nSPS) is 22.2. The Balaban J connectivity index is 2.36. The Labute approximate surface area is 110 Å². The van der Waals surface area contributed by atoms with Crippen LogP contribution in [-0.4, -0.2) is 31.9 Å².